The Bertz CT molecular complexity index is 774. The number of carbonyl (C=O) groups excluding carboxylic acids is 2. The van der Waals surface area contributed by atoms with Gasteiger partial charge < -0.3 is 5.32 Å². The Hall–Kier alpha value is -2.33. The van der Waals surface area contributed by atoms with Gasteiger partial charge in [-0.05, 0) is 35.7 Å². The number of amides is 2. The highest BCUT2D eigenvalue weighted by Crippen LogP contribution is 2.32. The van der Waals surface area contributed by atoms with E-state index in [1.165, 1.54) is 0 Å². The van der Waals surface area contributed by atoms with Crippen LogP contribution in [0.5, 0.6) is 0 Å². The third-order valence-electron chi connectivity index (χ3n) is 4.48. The molecule has 2 amide bonds. The number of para-hydroxylation sites is 1. The van der Waals surface area contributed by atoms with Gasteiger partial charge in [0, 0.05) is 30.1 Å². The molecule has 0 radical (unpaired) electrons. The summed E-state index contributed by atoms with van der Waals surface area (Å²) >= 11 is 5.88. The van der Waals surface area contributed by atoms with Crippen molar-refractivity contribution in [3.8, 4) is 0 Å². The van der Waals surface area contributed by atoms with Crippen LogP contribution in [-0.4, -0.2) is 24.4 Å². The van der Waals surface area contributed by atoms with Crippen LogP contribution in [0, 0.1) is 0 Å². The number of carbonyl (C=O) groups is 2. The van der Waals surface area contributed by atoms with Crippen molar-refractivity contribution >= 4 is 29.1 Å². The summed E-state index contributed by atoms with van der Waals surface area (Å²) < 4.78 is 0. The van der Waals surface area contributed by atoms with Crippen LogP contribution in [0.1, 0.15) is 24.5 Å². The van der Waals surface area contributed by atoms with E-state index in [9.17, 15) is 9.59 Å². The number of fused-ring (bicyclic) bond motifs is 1. The molecule has 4 nitrogen and oxygen atoms in total. The smallest absolute Gasteiger partial charge is 0.243 e. The van der Waals surface area contributed by atoms with Crippen LogP contribution in [0.4, 0.5) is 5.69 Å². The number of hydrogen-bond donors (Lipinski definition) is 1. The van der Waals surface area contributed by atoms with Crippen LogP contribution in [0.2, 0.25) is 5.02 Å². The van der Waals surface area contributed by atoms with Crippen molar-refractivity contribution in [1.82, 2.24) is 5.32 Å². The second-order valence-electron chi connectivity index (χ2n) is 6.13. The van der Waals surface area contributed by atoms with Crippen LogP contribution in [-0.2, 0) is 22.4 Å². The van der Waals surface area contributed by atoms with Gasteiger partial charge in [-0.1, -0.05) is 48.9 Å². The fourth-order valence-electron chi connectivity index (χ4n) is 3.17. The van der Waals surface area contributed by atoms with Crippen molar-refractivity contribution in [3.63, 3.8) is 0 Å². The lowest BCUT2D eigenvalue weighted by Gasteiger charge is -2.24. The number of benzene rings is 2. The van der Waals surface area contributed by atoms with Crippen molar-refractivity contribution in [2.24, 2.45) is 0 Å². The van der Waals surface area contributed by atoms with Crippen LogP contribution in [0.3, 0.4) is 0 Å². The van der Waals surface area contributed by atoms with E-state index in [4.69, 9.17) is 11.6 Å². The molecule has 0 fully saturated rings. The molecule has 0 saturated heterocycles. The minimum Gasteiger partial charge on any atom is -0.354 e. The van der Waals surface area contributed by atoms with E-state index >= 15 is 0 Å². The summed E-state index contributed by atoms with van der Waals surface area (Å²) in [5.74, 6) is -0.130. The average Bonchev–Trinajstić information content (AvgIpc) is 3.02. The van der Waals surface area contributed by atoms with Crippen LogP contribution in [0.25, 0.3) is 0 Å². The minimum atomic E-state index is -0.463. The highest BCUT2D eigenvalue weighted by Gasteiger charge is 2.37. The number of nitrogens with zero attached hydrogens (tertiary/aromatic N) is 1. The van der Waals surface area contributed by atoms with Gasteiger partial charge in [-0.3, -0.25) is 14.5 Å². The summed E-state index contributed by atoms with van der Waals surface area (Å²) in [5, 5.41) is 3.66. The number of hydrogen-bond acceptors (Lipinski definition) is 2. The molecule has 25 heavy (non-hydrogen) atoms. The second-order valence-corrected chi connectivity index (χ2v) is 6.57. The maximum atomic E-state index is 12.7. The van der Waals surface area contributed by atoms with E-state index in [-0.39, 0.29) is 11.8 Å². The largest absolute Gasteiger partial charge is 0.354 e. The molecular formula is C20H21ClN2O2. The topological polar surface area (TPSA) is 49.4 Å². The van der Waals surface area contributed by atoms with Crippen molar-refractivity contribution in [3.05, 3.63) is 64.7 Å². The van der Waals surface area contributed by atoms with Gasteiger partial charge >= 0.3 is 0 Å². The van der Waals surface area contributed by atoms with Crippen LogP contribution in [0.15, 0.2) is 48.5 Å². The summed E-state index contributed by atoms with van der Waals surface area (Å²) in [6.07, 6.45) is 1.67. The third kappa shape index (κ3) is 3.85. The molecule has 0 aliphatic carbocycles. The minimum absolute atomic E-state index is 0.0252. The lowest BCUT2D eigenvalue weighted by molar-refractivity contribution is -0.126. The van der Waals surface area contributed by atoms with Crippen molar-refractivity contribution in [2.75, 3.05) is 11.4 Å². The Morgan fingerprint density at radius 3 is 2.60 bits per heavy atom. The Morgan fingerprint density at radius 1 is 1.16 bits per heavy atom. The summed E-state index contributed by atoms with van der Waals surface area (Å²) in [6, 6.07) is 14.8. The molecule has 0 spiro atoms. The van der Waals surface area contributed by atoms with Crippen molar-refractivity contribution in [2.45, 2.75) is 32.2 Å². The lowest BCUT2D eigenvalue weighted by Crippen LogP contribution is -2.48. The zero-order valence-corrected chi connectivity index (χ0v) is 14.9. The van der Waals surface area contributed by atoms with E-state index in [0.717, 1.165) is 23.2 Å². The van der Waals surface area contributed by atoms with E-state index in [1.807, 2.05) is 55.5 Å². The van der Waals surface area contributed by atoms with Gasteiger partial charge in [-0.2, -0.15) is 0 Å². The summed E-state index contributed by atoms with van der Waals surface area (Å²) in [6.45, 7) is 2.35. The quantitative estimate of drug-likeness (QED) is 0.893. The normalized spacial score (nSPS) is 15.8. The lowest BCUT2D eigenvalue weighted by atomic mass is 10.1. The molecular weight excluding hydrogens is 336 g/mol. The monoisotopic (exact) mass is 356 g/mol. The highest BCUT2D eigenvalue weighted by atomic mass is 35.5. The molecule has 0 bridgehead atoms. The first-order valence-corrected chi connectivity index (χ1v) is 8.90. The zero-order chi connectivity index (χ0) is 17.8. The molecule has 1 atom stereocenters. The molecule has 3 rings (SSSR count). The summed E-state index contributed by atoms with van der Waals surface area (Å²) in [5.41, 5.74) is 3.01. The van der Waals surface area contributed by atoms with Gasteiger partial charge in [0.1, 0.15) is 6.04 Å². The molecule has 130 valence electrons. The molecule has 0 saturated carbocycles. The van der Waals surface area contributed by atoms with Gasteiger partial charge in [-0.25, -0.2) is 0 Å². The predicted octanol–water partition coefficient (Wildman–Crippen LogP) is 3.37. The van der Waals surface area contributed by atoms with Crippen LogP contribution >= 0.6 is 11.6 Å². The van der Waals surface area contributed by atoms with Crippen molar-refractivity contribution < 1.29 is 9.59 Å². The maximum Gasteiger partial charge on any atom is 0.243 e. The Morgan fingerprint density at radius 2 is 1.88 bits per heavy atom. The molecule has 0 aromatic heterocycles. The number of halogens is 1. The van der Waals surface area contributed by atoms with E-state index < -0.39 is 6.04 Å². The maximum absolute atomic E-state index is 12.7. The predicted molar refractivity (Wildman–Crippen MR) is 99.9 cm³/mol. The number of anilines is 1. The summed E-state index contributed by atoms with van der Waals surface area (Å²) in [4.78, 5) is 26.7. The van der Waals surface area contributed by atoms with Gasteiger partial charge in [-0.15, -0.1) is 0 Å². The fraction of sp³-hybridized carbons (Fsp3) is 0.300. The Balaban J connectivity index is 1.65. The first-order valence-electron chi connectivity index (χ1n) is 8.52. The molecule has 2 aromatic carbocycles. The molecule has 2 aromatic rings. The van der Waals surface area contributed by atoms with Crippen molar-refractivity contribution in [1.29, 1.82) is 0 Å². The fourth-order valence-corrected chi connectivity index (χ4v) is 3.30. The zero-order valence-electron chi connectivity index (χ0n) is 14.2. The van der Waals surface area contributed by atoms with Gasteiger partial charge in [0.15, 0.2) is 0 Å². The molecule has 5 heteroatoms. The number of nitrogens with one attached hydrogen (secondary N) is 1. The summed E-state index contributed by atoms with van der Waals surface area (Å²) in [7, 11) is 0. The first kappa shape index (κ1) is 17.5. The molecule has 1 unspecified atom stereocenters. The number of rotatable bonds is 5. The molecule has 1 N–H and O–H groups in total. The van der Waals surface area contributed by atoms with Gasteiger partial charge in [0.2, 0.25) is 11.8 Å². The SMILES string of the molecule is CCC(=O)N1c2ccccc2CC1C(=O)NCCc1ccc(Cl)cc1. The van der Waals surface area contributed by atoms with E-state index in [0.29, 0.717) is 24.4 Å². The Labute approximate surface area is 152 Å². The molecule has 1 aliphatic heterocycles. The van der Waals surface area contributed by atoms with E-state index in [1.54, 1.807) is 4.90 Å². The molecule has 1 heterocycles. The average molecular weight is 357 g/mol. The van der Waals surface area contributed by atoms with Gasteiger partial charge in [0.25, 0.3) is 0 Å². The van der Waals surface area contributed by atoms with Gasteiger partial charge in [0.05, 0.1) is 0 Å². The third-order valence-corrected chi connectivity index (χ3v) is 4.73. The molecule has 1 aliphatic rings. The highest BCUT2D eigenvalue weighted by molar-refractivity contribution is 6.30. The Kier molecular flexibility index (Phi) is 5.39. The standard InChI is InChI=1S/C20H21ClN2O2/c1-2-19(24)23-17-6-4-3-5-15(17)13-18(23)20(25)22-12-11-14-7-9-16(21)10-8-14/h3-10,18H,2,11-13H2,1H3,(H,22,25). The van der Waals surface area contributed by atoms with E-state index in [2.05, 4.69) is 5.32 Å². The first-order chi connectivity index (χ1) is 12.1. The second kappa shape index (κ2) is 7.70. The van der Waals surface area contributed by atoms with Crippen LogP contribution < -0.4 is 10.2 Å².